The molecule has 0 atom stereocenters. The van der Waals surface area contributed by atoms with Gasteiger partial charge in [-0.2, -0.15) is 0 Å². The number of halogens is 1. The van der Waals surface area contributed by atoms with E-state index < -0.39 is 0 Å². The molecule has 0 amide bonds. The van der Waals surface area contributed by atoms with Crippen LogP contribution in [0.1, 0.15) is 5.56 Å². The number of hydrogen-bond acceptors (Lipinski definition) is 2. The number of rotatable bonds is 3. The van der Waals surface area contributed by atoms with E-state index in [9.17, 15) is 9.18 Å². The quantitative estimate of drug-likeness (QED) is 0.532. The Bertz CT molecular complexity index is 779. The minimum absolute atomic E-state index is 0.118. The maximum absolute atomic E-state index is 12.8. The standard InChI is InChI=1S/C18H13FO2/c19-16-8-5-13(6-9-16)11-18(20)21-17-10-7-14-3-1-2-4-15(14)12-17/h1-10,12H,11H2. The molecule has 0 bridgehead atoms. The Kier molecular flexibility index (Phi) is 3.65. The maximum Gasteiger partial charge on any atom is 0.315 e. The van der Waals surface area contributed by atoms with Gasteiger partial charge in [0.2, 0.25) is 0 Å². The molecule has 104 valence electrons. The molecule has 0 aliphatic carbocycles. The maximum atomic E-state index is 12.8. The van der Waals surface area contributed by atoms with Crippen LogP contribution in [0.25, 0.3) is 10.8 Å². The molecule has 0 fully saturated rings. The summed E-state index contributed by atoms with van der Waals surface area (Å²) in [5.74, 6) is -0.167. The summed E-state index contributed by atoms with van der Waals surface area (Å²) in [6.45, 7) is 0. The predicted molar refractivity (Wildman–Crippen MR) is 79.7 cm³/mol. The molecule has 0 aliphatic rings. The lowest BCUT2D eigenvalue weighted by molar-refractivity contribution is -0.133. The molecule has 0 saturated carbocycles. The molecule has 0 saturated heterocycles. The van der Waals surface area contributed by atoms with Gasteiger partial charge >= 0.3 is 5.97 Å². The van der Waals surface area contributed by atoms with Crippen LogP contribution in [0.2, 0.25) is 0 Å². The van der Waals surface area contributed by atoms with E-state index in [1.54, 1.807) is 18.2 Å². The normalized spacial score (nSPS) is 10.5. The topological polar surface area (TPSA) is 26.3 Å². The van der Waals surface area contributed by atoms with Gasteiger partial charge in [0, 0.05) is 0 Å². The molecule has 0 radical (unpaired) electrons. The lowest BCUT2D eigenvalue weighted by atomic mass is 10.1. The van der Waals surface area contributed by atoms with E-state index in [1.807, 2.05) is 36.4 Å². The summed E-state index contributed by atoms with van der Waals surface area (Å²) in [5.41, 5.74) is 0.724. The molecule has 0 aliphatic heterocycles. The van der Waals surface area contributed by atoms with E-state index in [4.69, 9.17) is 4.74 Å². The number of carbonyl (C=O) groups excluding carboxylic acids is 1. The Morgan fingerprint density at radius 3 is 2.38 bits per heavy atom. The molecule has 3 aromatic carbocycles. The molecule has 0 unspecified atom stereocenters. The van der Waals surface area contributed by atoms with E-state index in [2.05, 4.69) is 0 Å². The molecule has 0 N–H and O–H groups in total. The van der Waals surface area contributed by atoms with Crippen LogP contribution in [-0.4, -0.2) is 5.97 Å². The van der Waals surface area contributed by atoms with Crippen molar-refractivity contribution in [1.29, 1.82) is 0 Å². The first kappa shape index (κ1) is 13.3. The highest BCUT2D eigenvalue weighted by molar-refractivity contribution is 5.85. The van der Waals surface area contributed by atoms with Gasteiger partial charge in [-0.25, -0.2) is 4.39 Å². The Hall–Kier alpha value is -2.68. The van der Waals surface area contributed by atoms with Gasteiger partial charge in [-0.15, -0.1) is 0 Å². The summed E-state index contributed by atoms with van der Waals surface area (Å²) >= 11 is 0. The van der Waals surface area contributed by atoms with Gasteiger partial charge in [0.15, 0.2) is 0 Å². The van der Waals surface area contributed by atoms with Gasteiger partial charge in [0.05, 0.1) is 6.42 Å². The summed E-state index contributed by atoms with van der Waals surface area (Å²) in [6.07, 6.45) is 0.118. The first-order valence-electron chi connectivity index (χ1n) is 6.65. The van der Waals surface area contributed by atoms with Gasteiger partial charge in [-0.1, -0.05) is 42.5 Å². The van der Waals surface area contributed by atoms with Crippen molar-refractivity contribution in [2.24, 2.45) is 0 Å². The van der Waals surface area contributed by atoms with Crippen molar-refractivity contribution in [3.63, 3.8) is 0 Å². The predicted octanol–water partition coefficient (Wildman–Crippen LogP) is 4.13. The molecular weight excluding hydrogens is 267 g/mol. The van der Waals surface area contributed by atoms with Crippen LogP contribution in [0.4, 0.5) is 4.39 Å². The largest absolute Gasteiger partial charge is 0.426 e. The minimum atomic E-state index is -0.364. The summed E-state index contributed by atoms with van der Waals surface area (Å²) in [6, 6.07) is 19.2. The number of ether oxygens (including phenoxy) is 1. The third-order valence-corrected chi connectivity index (χ3v) is 3.21. The van der Waals surface area contributed by atoms with Crippen molar-refractivity contribution >= 4 is 16.7 Å². The third kappa shape index (κ3) is 3.26. The van der Waals surface area contributed by atoms with Crippen LogP contribution in [-0.2, 0) is 11.2 Å². The molecular formula is C18H13FO2. The Morgan fingerprint density at radius 1 is 0.905 bits per heavy atom. The monoisotopic (exact) mass is 280 g/mol. The van der Waals surface area contributed by atoms with Crippen molar-refractivity contribution in [3.8, 4) is 5.75 Å². The summed E-state index contributed by atoms with van der Waals surface area (Å²) in [5, 5.41) is 2.11. The lowest BCUT2D eigenvalue weighted by Crippen LogP contribution is -2.11. The molecule has 0 aromatic heterocycles. The third-order valence-electron chi connectivity index (χ3n) is 3.21. The second kappa shape index (κ2) is 5.75. The lowest BCUT2D eigenvalue weighted by Gasteiger charge is -2.06. The number of benzene rings is 3. The van der Waals surface area contributed by atoms with Gasteiger partial charge in [0.1, 0.15) is 11.6 Å². The summed E-state index contributed by atoms with van der Waals surface area (Å²) in [7, 11) is 0. The molecule has 0 heterocycles. The molecule has 21 heavy (non-hydrogen) atoms. The van der Waals surface area contributed by atoms with Crippen molar-refractivity contribution in [2.75, 3.05) is 0 Å². The highest BCUT2D eigenvalue weighted by Gasteiger charge is 2.07. The highest BCUT2D eigenvalue weighted by atomic mass is 19.1. The zero-order chi connectivity index (χ0) is 14.7. The van der Waals surface area contributed by atoms with Gasteiger partial charge in [0.25, 0.3) is 0 Å². The summed E-state index contributed by atoms with van der Waals surface area (Å²) in [4.78, 5) is 11.9. The van der Waals surface area contributed by atoms with E-state index >= 15 is 0 Å². The van der Waals surface area contributed by atoms with Gasteiger partial charge < -0.3 is 4.74 Å². The fourth-order valence-corrected chi connectivity index (χ4v) is 2.17. The fourth-order valence-electron chi connectivity index (χ4n) is 2.17. The number of carbonyl (C=O) groups is 1. The van der Waals surface area contributed by atoms with E-state index in [1.165, 1.54) is 12.1 Å². The van der Waals surface area contributed by atoms with Crippen LogP contribution in [0.3, 0.4) is 0 Å². The van der Waals surface area contributed by atoms with Crippen LogP contribution in [0.15, 0.2) is 66.7 Å². The van der Waals surface area contributed by atoms with E-state index in [0.29, 0.717) is 5.75 Å². The Morgan fingerprint density at radius 2 is 1.62 bits per heavy atom. The first-order valence-corrected chi connectivity index (χ1v) is 6.65. The van der Waals surface area contributed by atoms with Crippen LogP contribution in [0, 0.1) is 5.82 Å². The van der Waals surface area contributed by atoms with Crippen LogP contribution >= 0.6 is 0 Å². The Balaban J connectivity index is 1.72. The van der Waals surface area contributed by atoms with E-state index in [-0.39, 0.29) is 18.2 Å². The smallest absolute Gasteiger partial charge is 0.315 e. The fraction of sp³-hybridized carbons (Fsp3) is 0.0556. The zero-order valence-electron chi connectivity index (χ0n) is 11.3. The molecule has 2 nitrogen and oxygen atoms in total. The Labute approximate surface area is 121 Å². The number of hydrogen-bond donors (Lipinski definition) is 0. The van der Waals surface area contributed by atoms with Crippen molar-refractivity contribution < 1.29 is 13.9 Å². The van der Waals surface area contributed by atoms with E-state index in [0.717, 1.165) is 16.3 Å². The second-order valence-electron chi connectivity index (χ2n) is 4.79. The van der Waals surface area contributed by atoms with Gasteiger partial charge in [-0.05, 0) is 40.6 Å². The average molecular weight is 280 g/mol. The molecule has 0 spiro atoms. The van der Waals surface area contributed by atoms with Crippen LogP contribution in [0.5, 0.6) is 5.75 Å². The molecule has 3 rings (SSSR count). The zero-order valence-corrected chi connectivity index (χ0v) is 11.3. The second-order valence-corrected chi connectivity index (χ2v) is 4.79. The van der Waals surface area contributed by atoms with Gasteiger partial charge in [-0.3, -0.25) is 4.79 Å². The summed E-state index contributed by atoms with van der Waals surface area (Å²) < 4.78 is 18.1. The van der Waals surface area contributed by atoms with Crippen molar-refractivity contribution in [2.45, 2.75) is 6.42 Å². The molecule has 3 heteroatoms. The van der Waals surface area contributed by atoms with Crippen LogP contribution < -0.4 is 4.74 Å². The minimum Gasteiger partial charge on any atom is -0.426 e. The molecule has 3 aromatic rings. The number of fused-ring (bicyclic) bond motifs is 1. The highest BCUT2D eigenvalue weighted by Crippen LogP contribution is 2.21. The number of esters is 1. The average Bonchev–Trinajstić information content (AvgIpc) is 2.49. The van der Waals surface area contributed by atoms with Crippen molar-refractivity contribution in [3.05, 3.63) is 78.1 Å². The van der Waals surface area contributed by atoms with Crippen molar-refractivity contribution in [1.82, 2.24) is 0 Å². The SMILES string of the molecule is O=C(Cc1ccc(F)cc1)Oc1ccc2ccccc2c1. The first-order chi connectivity index (χ1) is 10.2.